The van der Waals surface area contributed by atoms with Gasteiger partial charge in [-0.05, 0) is 24.3 Å². The summed E-state index contributed by atoms with van der Waals surface area (Å²) in [4.78, 5) is 48.7. The predicted octanol–water partition coefficient (Wildman–Crippen LogP) is 1.07. The SMILES string of the molecule is CC[C@@]1(c2ccccc2)NC(=O)N(NC(=O)COC(=O)[C@@H]2C[C@@H]2C)C1=O. The molecule has 138 valence electrons. The molecule has 1 saturated carbocycles. The molecule has 1 aromatic rings. The molecule has 26 heavy (non-hydrogen) atoms. The lowest BCUT2D eigenvalue weighted by atomic mass is 9.87. The van der Waals surface area contributed by atoms with Crippen molar-refractivity contribution in [2.75, 3.05) is 6.61 Å². The Morgan fingerprint density at radius 1 is 1.31 bits per heavy atom. The van der Waals surface area contributed by atoms with Crippen molar-refractivity contribution in [3.05, 3.63) is 35.9 Å². The third-order valence-corrected chi connectivity index (χ3v) is 4.88. The lowest BCUT2D eigenvalue weighted by Gasteiger charge is -2.25. The number of amides is 4. The van der Waals surface area contributed by atoms with Crippen LogP contribution in [0.3, 0.4) is 0 Å². The van der Waals surface area contributed by atoms with Crippen molar-refractivity contribution in [3.63, 3.8) is 0 Å². The van der Waals surface area contributed by atoms with Gasteiger partial charge in [0.1, 0.15) is 5.54 Å². The molecule has 0 unspecified atom stereocenters. The molecule has 1 heterocycles. The first kappa shape index (κ1) is 17.9. The highest BCUT2D eigenvalue weighted by molar-refractivity contribution is 6.08. The van der Waals surface area contributed by atoms with E-state index in [4.69, 9.17) is 4.74 Å². The van der Waals surface area contributed by atoms with Crippen LogP contribution in [0.4, 0.5) is 4.79 Å². The number of hydrogen-bond donors (Lipinski definition) is 2. The number of hydrazine groups is 1. The Labute approximate surface area is 150 Å². The third-order valence-electron chi connectivity index (χ3n) is 4.88. The highest BCUT2D eigenvalue weighted by atomic mass is 16.5. The van der Waals surface area contributed by atoms with Crippen LogP contribution in [0.2, 0.25) is 0 Å². The zero-order chi connectivity index (χ0) is 18.9. The van der Waals surface area contributed by atoms with E-state index >= 15 is 0 Å². The molecule has 1 aromatic carbocycles. The summed E-state index contributed by atoms with van der Waals surface area (Å²) in [6.45, 7) is 3.16. The lowest BCUT2D eigenvalue weighted by Crippen LogP contribution is -2.49. The third kappa shape index (κ3) is 3.14. The molecule has 0 aromatic heterocycles. The van der Waals surface area contributed by atoms with Gasteiger partial charge in [-0.3, -0.25) is 19.8 Å². The Balaban J connectivity index is 1.65. The number of rotatable bonds is 6. The Morgan fingerprint density at radius 2 is 1.96 bits per heavy atom. The van der Waals surface area contributed by atoms with Gasteiger partial charge in [0.05, 0.1) is 5.92 Å². The maximum absolute atomic E-state index is 12.8. The molecule has 2 N–H and O–H groups in total. The summed E-state index contributed by atoms with van der Waals surface area (Å²) in [6.07, 6.45) is 1.08. The molecule has 1 aliphatic heterocycles. The van der Waals surface area contributed by atoms with E-state index in [1.54, 1.807) is 31.2 Å². The zero-order valence-corrected chi connectivity index (χ0v) is 14.7. The first-order chi connectivity index (χ1) is 12.4. The van der Waals surface area contributed by atoms with E-state index in [-0.39, 0.29) is 11.8 Å². The van der Waals surface area contributed by atoms with Gasteiger partial charge < -0.3 is 10.1 Å². The summed E-state index contributed by atoms with van der Waals surface area (Å²) in [5.41, 5.74) is 1.62. The fourth-order valence-electron chi connectivity index (χ4n) is 3.09. The molecule has 4 amide bonds. The number of benzene rings is 1. The molecule has 2 fully saturated rings. The summed E-state index contributed by atoms with van der Waals surface area (Å²) in [6, 6.07) is 8.10. The van der Waals surface area contributed by atoms with E-state index in [0.717, 1.165) is 6.42 Å². The topological polar surface area (TPSA) is 105 Å². The fraction of sp³-hybridized carbons (Fsp3) is 0.444. The minimum atomic E-state index is -1.23. The Morgan fingerprint density at radius 3 is 2.54 bits per heavy atom. The molecule has 1 saturated heterocycles. The second kappa shape index (κ2) is 6.78. The van der Waals surface area contributed by atoms with Crippen molar-refractivity contribution in [1.29, 1.82) is 0 Å². The molecule has 0 radical (unpaired) electrons. The van der Waals surface area contributed by atoms with Crippen LogP contribution in [0.15, 0.2) is 30.3 Å². The van der Waals surface area contributed by atoms with Crippen LogP contribution in [0.25, 0.3) is 0 Å². The van der Waals surface area contributed by atoms with Gasteiger partial charge in [0.2, 0.25) is 0 Å². The van der Waals surface area contributed by atoms with Crippen LogP contribution in [0.5, 0.6) is 0 Å². The molecule has 8 heteroatoms. The number of urea groups is 1. The van der Waals surface area contributed by atoms with Gasteiger partial charge in [-0.2, -0.15) is 5.01 Å². The molecule has 3 atom stereocenters. The largest absolute Gasteiger partial charge is 0.455 e. The molecule has 8 nitrogen and oxygen atoms in total. The van der Waals surface area contributed by atoms with E-state index < -0.39 is 36.0 Å². The number of ether oxygens (including phenoxy) is 1. The lowest BCUT2D eigenvalue weighted by molar-refractivity contribution is -0.152. The monoisotopic (exact) mass is 359 g/mol. The molecular formula is C18H21N3O5. The van der Waals surface area contributed by atoms with Gasteiger partial charge >= 0.3 is 12.0 Å². The Kier molecular flexibility index (Phi) is 4.67. The average molecular weight is 359 g/mol. The van der Waals surface area contributed by atoms with Crippen molar-refractivity contribution < 1.29 is 23.9 Å². The molecule has 1 aliphatic carbocycles. The van der Waals surface area contributed by atoms with Gasteiger partial charge in [-0.25, -0.2) is 4.79 Å². The number of carbonyl (C=O) groups is 4. The van der Waals surface area contributed by atoms with Crippen LogP contribution in [0.1, 0.15) is 32.3 Å². The van der Waals surface area contributed by atoms with Gasteiger partial charge in [0.25, 0.3) is 11.8 Å². The first-order valence-electron chi connectivity index (χ1n) is 8.57. The van der Waals surface area contributed by atoms with Crippen molar-refractivity contribution in [3.8, 4) is 0 Å². The average Bonchev–Trinajstić information content (AvgIpc) is 3.33. The molecular weight excluding hydrogens is 338 g/mol. The van der Waals surface area contributed by atoms with Gasteiger partial charge in [-0.15, -0.1) is 0 Å². The van der Waals surface area contributed by atoms with Crippen LogP contribution < -0.4 is 10.7 Å². The minimum Gasteiger partial charge on any atom is -0.455 e. The molecule has 3 rings (SSSR count). The van der Waals surface area contributed by atoms with E-state index in [1.165, 1.54) is 0 Å². The number of hydrogen-bond acceptors (Lipinski definition) is 5. The summed E-state index contributed by atoms with van der Waals surface area (Å²) < 4.78 is 4.92. The van der Waals surface area contributed by atoms with Gasteiger partial charge in [-0.1, -0.05) is 44.2 Å². The number of nitrogens with one attached hydrogen (secondary N) is 2. The number of esters is 1. The number of nitrogens with zero attached hydrogens (tertiary/aromatic N) is 1. The first-order valence-corrected chi connectivity index (χ1v) is 8.57. The van der Waals surface area contributed by atoms with E-state index in [9.17, 15) is 19.2 Å². The van der Waals surface area contributed by atoms with Gasteiger partial charge in [0.15, 0.2) is 6.61 Å². The summed E-state index contributed by atoms with van der Waals surface area (Å²) in [7, 11) is 0. The smallest absolute Gasteiger partial charge is 0.344 e. The van der Waals surface area contributed by atoms with Crippen molar-refractivity contribution >= 4 is 23.8 Å². The molecule has 0 spiro atoms. The predicted molar refractivity (Wildman–Crippen MR) is 90.2 cm³/mol. The minimum absolute atomic E-state index is 0.162. The zero-order valence-electron chi connectivity index (χ0n) is 14.7. The maximum Gasteiger partial charge on any atom is 0.344 e. The second-order valence-electron chi connectivity index (χ2n) is 6.66. The normalized spacial score (nSPS) is 27.1. The molecule has 0 bridgehead atoms. The van der Waals surface area contributed by atoms with Crippen molar-refractivity contribution in [2.24, 2.45) is 11.8 Å². The molecule has 2 aliphatic rings. The highest BCUT2D eigenvalue weighted by Crippen LogP contribution is 2.38. The quantitative estimate of drug-likeness (QED) is 0.584. The van der Waals surface area contributed by atoms with Gasteiger partial charge in [0, 0.05) is 0 Å². The van der Waals surface area contributed by atoms with E-state index in [0.29, 0.717) is 17.0 Å². The fourth-order valence-corrected chi connectivity index (χ4v) is 3.09. The van der Waals surface area contributed by atoms with E-state index in [1.807, 2.05) is 13.0 Å². The number of imide groups is 1. The standard InChI is InChI=1S/C18H21N3O5/c1-3-18(12-7-5-4-6-8-12)16(24)21(17(25)19-18)20-14(22)10-26-15(23)13-9-11(13)2/h4-8,11,13H,3,9-10H2,1-2H3,(H,19,25)(H,20,22)/t11-,13+,18-/m0/s1. The van der Waals surface area contributed by atoms with Crippen LogP contribution in [-0.4, -0.2) is 35.4 Å². The summed E-state index contributed by atoms with van der Waals surface area (Å²) >= 11 is 0. The summed E-state index contributed by atoms with van der Waals surface area (Å²) in [5.74, 6) is -1.64. The van der Waals surface area contributed by atoms with Crippen LogP contribution >= 0.6 is 0 Å². The Bertz CT molecular complexity index is 750. The van der Waals surface area contributed by atoms with E-state index in [2.05, 4.69) is 10.7 Å². The summed E-state index contributed by atoms with van der Waals surface area (Å²) in [5, 5.41) is 3.30. The van der Waals surface area contributed by atoms with Crippen LogP contribution in [0, 0.1) is 11.8 Å². The van der Waals surface area contributed by atoms with Crippen LogP contribution in [-0.2, 0) is 24.7 Å². The second-order valence-corrected chi connectivity index (χ2v) is 6.66. The van der Waals surface area contributed by atoms with Crippen molar-refractivity contribution in [1.82, 2.24) is 15.8 Å². The Hall–Kier alpha value is -2.90. The maximum atomic E-state index is 12.8. The highest BCUT2D eigenvalue weighted by Gasteiger charge is 2.52. The number of carbonyl (C=O) groups excluding carboxylic acids is 4. The van der Waals surface area contributed by atoms with Crippen molar-refractivity contribution in [2.45, 2.75) is 32.2 Å².